The molecule has 1 heterocycles. The molecule has 122 valence electrons. The third kappa shape index (κ3) is 4.16. The third-order valence-corrected chi connectivity index (χ3v) is 4.49. The van der Waals surface area contributed by atoms with E-state index in [4.69, 9.17) is 9.15 Å². The van der Waals surface area contributed by atoms with Crippen LogP contribution in [0.1, 0.15) is 29.9 Å². The Kier molecular flexibility index (Phi) is 4.76. The van der Waals surface area contributed by atoms with Crippen LogP contribution in [0.5, 0.6) is 5.75 Å². The molecule has 2 aromatic rings. The number of carbonyl (C=O) groups is 1. The second-order valence-electron chi connectivity index (χ2n) is 5.99. The predicted octanol–water partition coefficient (Wildman–Crippen LogP) is 4.23. The number of benzene rings is 1. The summed E-state index contributed by atoms with van der Waals surface area (Å²) in [4.78, 5) is 14.4. The van der Waals surface area contributed by atoms with Gasteiger partial charge < -0.3 is 14.1 Å². The Hall–Kier alpha value is -1.75. The molecule has 1 amide bonds. The molecule has 0 atom stereocenters. The van der Waals surface area contributed by atoms with E-state index in [9.17, 15) is 4.79 Å². The fourth-order valence-corrected chi connectivity index (χ4v) is 3.10. The molecule has 1 saturated carbocycles. The fourth-order valence-electron chi connectivity index (χ4n) is 2.49. The lowest BCUT2D eigenvalue weighted by Crippen LogP contribution is -2.36. The minimum Gasteiger partial charge on any atom is -0.483 e. The van der Waals surface area contributed by atoms with E-state index in [1.54, 1.807) is 0 Å². The highest BCUT2D eigenvalue weighted by atomic mass is 79.9. The molecule has 23 heavy (non-hydrogen) atoms. The Labute approximate surface area is 144 Å². The van der Waals surface area contributed by atoms with Crippen molar-refractivity contribution < 1.29 is 13.9 Å². The average Bonchev–Trinajstić information content (AvgIpc) is 3.26. The summed E-state index contributed by atoms with van der Waals surface area (Å²) >= 11 is 3.47. The zero-order chi connectivity index (χ0) is 16.4. The topological polar surface area (TPSA) is 42.7 Å². The molecule has 5 heteroatoms. The molecule has 1 aliphatic rings. The van der Waals surface area contributed by atoms with Gasteiger partial charge in [0.05, 0.1) is 11.0 Å². The van der Waals surface area contributed by atoms with E-state index in [2.05, 4.69) is 15.9 Å². The zero-order valence-corrected chi connectivity index (χ0v) is 14.9. The summed E-state index contributed by atoms with van der Waals surface area (Å²) in [5.74, 6) is 2.37. The number of amides is 1. The van der Waals surface area contributed by atoms with Gasteiger partial charge in [-0.2, -0.15) is 0 Å². The van der Waals surface area contributed by atoms with Crippen molar-refractivity contribution in [3.05, 3.63) is 51.9 Å². The molecule has 1 fully saturated rings. The zero-order valence-electron chi connectivity index (χ0n) is 13.3. The number of hydrogen-bond donors (Lipinski definition) is 0. The van der Waals surface area contributed by atoms with Gasteiger partial charge in [-0.1, -0.05) is 6.07 Å². The minimum atomic E-state index is -0.00553. The summed E-state index contributed by atoms with van der Waals surface area (Å²) in [6, 6.07) is 9.99. The highest BCUT2D eigenvalue weighted by Crippen LogP contribution is 2.30. The first-order valence-electron chi connectivity index (χ1n) is 7.76. The first-order valence-corrected chi connectivity index (χ1v) is 8.56. The summed E-state index contributed by atoms with van der Waals surface area (Å²) in [5.41, 5.74) is 1.14. The van der Waals surface area contributed by atoms with E-state index < -0.39 is 0 Å². The van der Waals surface area contributed by atoms with Gasteiger partial charge in [-0.15, -0.1) is 0 Å². The molecule has 1 aliphatic carbocycles. The van der Waals surface area contributed by atoms with E-state index in [1.165, 1.54) is 0 Å². The van der Waals surface area contributed by atoms with Crippen LogP contribution in [0.4, 0.5) is 0 Å². The lowest BCUT2D eigenvalue weighted by molar-refractivity contribution is -0.134. The van der Waals surface area contributed by atoms with Gasteiger partial charge >= 0.3 is 0 Å². The second kappa shape index (κ2) is 6.79. The largest absolute Gasteiger partial charge is 0.483 e. The number of carbonyl (C=O) groups excluding carboxylic acids is 1. The standard InChI is InChI=1S/C18H20BrNO3/c1-12-3-8-17(16(19)9-12)22-11-18(21)20(14-5-6-14)10-15-7-4-13(2)23-15/h3-4,7-9,14H,5-6,10-11H2,1-2H3. The SMILES string of the molecule is Cc1ccc(OCC(=O)N(Cc2ccc(C)o2)C2CC2)c(Br)c1. The van der Waals surface area contributed by atoms with Gasteiger partial charge in [0, 0.05) is 6.04 Å². The van der Waals surface area contributed by atoms with E-state index in [0.717, 1.165) is 34.4 Å². The van der Waals surface area contributed by atoms with Gasteiger partial charge in [0.2, 0.25) is 0 Å². The van der Waals surface area contributed by atoms with Gasteiger partial charge in [-0.3, -0.25) is 4.79 Å². The van der Waals surface area contributed by atoms with Crippen LogP contribution in [0.2, 0.25) is 0 Å². The number of aryl methyl sites for hydroxylation is 2. The van der Waals surface area contributed by atoms with Crippen molar-refractivity contribution in [2.75, 3.05) is 6.61 Å². The van der Waals surface area contributed by atoms with E-state index in [-0.39, 0.29) is 12.5 Å². The average molecular weight is 378 g/mol. The Balaban J connectivity index is 1.62. The van der Waals surface area contributed by atoms with Crippen LogP contribution in [0, 0.1) is 13.8 Å². The molecular weight excluding hydrogens is 358 g/mol. The Morgan fingerprint density at radius 3 is 2.70 bits per heavy atom. The van der Waals surface area contributed by atoms with Gasteiger partial charge in [0.15, 0.2) is 6.61 Å². The Morgan fingerprint density at radius 1 is 1.30 bits per heavy atom. The van der Waals surface area contributed by atoms with Crippen LogP contribution in [-0.2, 0) is 11.3 Å². The molecule has 0 N–H and O–H groups in total. The van der Waals surface area contributed by atoms with Crippen molar-refractivity contribution in [1.82, 2.24) is 4.90 Å². The molecule has 0 radical (unpaired) electrons. The van der Waals surface area contributed by atoms with Crippen molar-refractivity contribution in [2.24, 2.45) is 0 Å². The first-order chi connectivity index (χ1) is 11.0. The Bertz CT molecular complexity index is 706. The van der Waals surface area contributed by atoms with E-state index >= 15 is 0 Å². The van der Waals surface area contributed by atoms with Crippen LogP contribution in [0.25, 0.3) is 0 Å². The van der Waals surface area contributed by atoms with Crippen LogP contribution in [0.3, 0.4) is 0 Å². The molecule has 3 rings (SSSR count). The quantitative estimate of drug-likeness (QED) is 0.756. The van der Waals surface area contributed by atoms with E-state index in [1.807, 2.05) is 49.1 Å². The van der Waals surface area contributed by atoms with Gasteiger partial charge in [-0.25, -0.2) is 0 Å². The van der Waals surface area contributed by atoms with Gasteiger partial charge in [0.1, 0.15) is 17.3 Å². The minimum absolute atomic E-state index is 0.00553. The number of rotatable bonds is 6. The molecule has 0 saturated heterocycles. The van der Waals surface area contributed by atoms with Crippen LogP contribution >= 0.6 is 15.9 Å². The maximum absolute atomic E-state index is 12.5. The van der Waals surface area contributed by atoms with Crippen LogP contribution in [0.15, 0.2) is 39.2 Å². The molecule has 1 aromatic heterocycles. The number of halogens is 1. The normalized spacial score (nSPS) is 13.9. The predicted molar refractivity (Wildman–Crippen MR) is 91.4 cm³/mol. The summed E-state index contributed by atoms with van der Waals surface area (Å²) in [6.45, 7) is 4.47. The van der Waals surface area contributed by atoms with Crippen molar-refractivity contribution in [3.63, 3.8) is 0 Å². The first kappa shape index (κ1) is 16.1. The van der Waals surface area contributed by atoms with E-state index in [0.29, 0.717) is 18.3 Å². The lowest BCUT2D eigenvalue weighted by atomic mass is 10.2. The molecular formula is C18H20BrNO3. The fraction of sp³-hybridized carbons (Fsp3) is 0.389. The number of hydrogen-bond acceptors (Lipinski definition) is 3. The van der Waals surface area contributed by atoms with Crippen molar-refractivity contribution >= 4 is 21.8 Å². The summed E-state index contributed by atoms with van der Waals surface area (Å²) in [6.07, 6.45) is 2.11. The third-order valence-electron chi connectivity index (χ3n) is 3.87. The number of furan rings is 1. The van der Waals surface area contributed by atoms with Crippen molar-refractivity contribution in [1.29, 1.82) is 0 Å². The number of nitrogens with zero attached hydrogens (tertiary/aromatic N) is 1. The van der Waals surface area contributed by atoms with Gasteiger partial charge in [-0.05, 0) is 72.4 Å². The molecule has 4 nitrogen and oxygen atoms in total. The summed E-state index contributed by atoms with van der Waals surface area (Å²) in [5, 5.41) is 0. The molecule has 0 aliphatic heterocycles. The summed E-state index contributed by atoms with van der Waals surface area (Å²) in [7, 11) is 0. The molecule has 0 unspecified atom stereocenters. The highest BCUT2D eigenvalue weighted by Gasteiger charge is 2.33. The summed E-state index contributed by atoms with van der Waals surface area (Å²) < 4.78 is 12.1. The van der Waals surface area contributed by atoms with Crippen molar-refractivity contribution in [2.45, 2.75) is 39.3 Å². The van der Waals surface area contributed by atoms with Gasteiger partial charge in [0.25, 0.3) is 5.91 Å². The van der Waals surface area contributed by atoms with Crippen LogP contribution < -0.4 is 4.74 Å². The van der Waals surface area contributed by atoms with Crippen molar-refractivity contribution in [3.8, 4) is 5.75 Å². The van der Waals surface area contributed by atoms with Crippen LogP contribution in [-0.4, -0.2) is 23.5 Å². The highest BCUT2D eigenvalue weighted by molar-refractivity contribution is 9.10. The smallest absolute Gasteiger partial charge is 0.261 e. The lowest BCUT2D eigenvalue weighted by Gasteiger charge is -2.21. The second-order valence-corrected chi connectivity index (χ2v) is 6.84. The molecule has 0 spiro atoms. The monoisotopic (exact) mass is 377 g/mol. The molecule has 0 bridgehead atoms. The molecule has 1 aromatic carbocycles. The Morgan fingerprint density at radius 2 is 2.09 bits per heavy atom. The maximum atomic E-state index is 12.5. The maximum Gasteiger partial charge on any atom is 0.261 e. The number of ether oxygens (including phenoxy) is 1.